The summed E-state index contributed by atoms with van der Waals surface area (Å²) in [5.74, 6) is 0. The Kier molecular flexibility index (Phi) is 3.25. The van der Waals surface area contributed by atoms with Gasteiger partial charge in [0.25, 0.3) is 0 Å². The lowest BCUT2D eigenvalue weighted by Gasteiger charge is -2.34. The van der Waals surface area contributed by atoms with E-state index in [1.54, 1.807) is 6.92 Å². The van der Waals surface area contributed by atoms with E-state index in [1.165, 1.54) is 0 Å². The molecule has 4 heteroatoms. The fraction of sp³-hybridized carbons (Fsp3) is 1.00. The number of hydrogen-bond donors (Lipinski definition) is 1. The van der Waals surface area contributed by atoms with Gasteiger partial charge in [-0.25, -0.2) is 0 Å². The van der Waals surface area contributed by atoms with Gasteiger partial charge in [0.15, 0.2) is 0 Å². The van der Waals surface area contributed by atoms with Gasteiger partial charge in [-0.15, -0.1) is 11.6 Å². The van der Waals surface area contributed by atoms with Gasteiger partial charge < -0.3 is 4.89 Å². The molecule has 1 fully saturated rings. The van der Waals surface area contributed by atoms with Crippen LogP contribution in [0.25, 0.3) is 0 Å². The summed E-state index contributed by atoms with van der Waals surface area (Å²) in [6.45, 7) is 1.74. The largest absolute Gasteiger partial charge is 0.343 e. The van der Waals surface area contributed by atoms with Crippen LogP contribution in [-0.4, -0.2) is 15.7 Å². The highest BCUT2D eigenvalue weighted by Gasteiger charge is 2.44. The van der Waals surface area contributed by atoms with Crippen molar-refractivity contribution in [2.75, 3.05) is 6.16 Å². The molecule has 1 atom stereocenters. The van der Waals surface area contributed by atoms with E-state index in [0.717, 1.165) is 19.3 Å². The van der Waals surface area contributed by atoms with Crippen LogP contribution in [0.3, 0.4) is 0 Å². The average Bonchev–Trinajstić information content (AvgIpc) is 2.06. The summed E-state index contributed by atoms with van der Waals surface area (Å²) in [7, 11) is -3.10. The van der Waals surface area contributed by atoms with Crippen molar-refractivity contribution in [3.63, 3.8) is 0 Å². The Morgan fingerprint density at radius 1 is 1.42 bits per heavy atom. The summed E-state index contributed by atoms with van der Waals surface area (Å²) in [4.78, 5) is 9.63. The molecule has 1 aliphatic rings. The van der Waals surface area contributed by atoms with Crippen molar-refractivity contribution in [2.45, 2.75) is 43.6 Å². The van der Waals surface area contributed by atoms with Gasteiger partial charge in [-0.2, -0.15) is 0 Å². The van der Waals surface area contributed by atoms with Gasteiger partial charge in [0, 0.05) is 6.16 Å². The van der Waals surface area contributed by atoms with E-state index in [0.29, 0.717) is 19.0 Å². The van der Waals surface area contributed by atoms with Crippen molar-refractivity contribution in [1.29, 1.82) is 0 Å². The summed E-state index contributed by atoms with van der Waals surface area (Å²) in [5.41, 5.74) is 0. The first-order chi connectivity index (χ1) is 5.52. The Bertz CT molecular complexity index is 199. The molecule has 1 saturated carbocycles. The van der Waals surface area contributed by atoms with Crippen LogP contribution in [0.15, 0.2) is 0 Å². The fourth-order valence-electron chi connectivity index (χ4n) is 1.73. The van der Waals surface area contributed by atoms with Gasteiger partial charge in [-0.3, -0.25) is 4.57 Å². The van der Waals surface area contributed by atoms with Crippen molar-refractivity contribution >= 4 is 19.0 Å². The van der Waals surface area contributed by atoms with E-state index >= 15 is 0 Å². The Hall–Kier alpha value is 0.480. The maximum atomic E-state index is 11.7. The molecular weight excluding hydrogens is 195 g/mol. The molecule has 0 saturated heterocycles. The second-order valence-corrected chi connectivity index (χ2v) is 7.38. The van der Waals surface area contributed by atoms with Crippen LogP contribution in [0.1, 0.15) is 39.0 Å². The van der Waals surface area contributed by atoms with Gasteiger partial charge in [0.05, 0.1) is 0 Å². The van der Waals surface area contributed by atoms with Crippen LogP contribution in [0.4, 0.5) is 0 Å². The Labute approximate surface area is 78.8 Å². The van der Waals surface area contributed by atoms with Gasteiger partial charge >= 0.3 is 0 Å². The maximum absolute atomic E-state index is 11.7. The van der Waals surface area contributed by atoms with Crippen LogP contribution in [-0.2, 0) is 4.57 Å². The van der Waals surface area contributed by atoms with Crippen LogP contribution >= 0.6 is 19.0 Å². The summed E-state index contributed by atoms with van der Waals surface area (Å²) < 4.78 is 10.9. The van der Waals surface area contributed by atoms with Gasteiger partial charge in [-0.05, 0) is 12.8 Å². The number of halogens is 1. The highest BCUT2D eigenvalue weighted by Crippen LogP contribution is 2.62. The van der Waals surface area contributed by atoms with E-state index < -0.39 is 12.0 Å². The molecule has 1 unspecified atom stereocenters. The van der Waals surface area contributed by atoms with E-state index in [-0.39, 0.29) is 0 Å². The average molecular weight is 211 g/mol. The monoisotopic (exact) mass is 210 g/mol. The molecule has 72 valence electrons. The predicted octanol–water partition coefficient (Wildman–Crippen LogP) is 3.18. The number of alkyl halides is 1. The van der Waals surface area contributed by atoms with Crippen molar-refractivity contribution in [3.8, 4) is 0 Å². The zero-order valence-corrected chi connectivity index (χ0v) is 9.07. The second kappa shape index (κ2) is 3.69. The lowest BCUT2D eigenvalue weighted by Crippen LogP contribution is -2.25. The first kappa shape index (κ1) is 10.6. The third-order valence-electron chi connectivity index (χ3n) is 2.67. The van der Waals surface area contributed by atoms with Crippen LogP contribution in [0.5, 0.6) is 0 Å². The minimum atomic E-state index is -3.10. The van der Waals surface area contributed by atoms with Crippen molar-refractivity contribution in [3.05, 3.63) is 0 Å². The molecule has 0 bridgehead atoms. The summed E-state index contributed by atoms with van der Waals surface area (Å²) in [5, 5.41) is 0. The first-order valence-electron chi connectivity index (χ1n) is 4.53. The minimum absolute atomic E-state index is 0.302. The van der Waals surface area contributed by atoms with Crippen LogP contribution < -0.4 is 0 Å². The third kappa shape index (κ3) is 1.86. The van der Waals surface area contributed by atoms with Gasteiger partial charge in [-0.1, -0.05) is 26.2 Å². The molecule has 1 aliphatic carbocycles. The number of hydrogen-bond acceptors (Lipinski definition) is 1. The molecule has 0 amide bonds. The summed E-state index contributed by atoms with van der Waals surface area (Å²) in [6.07, 6.45) is 4.85. The standard InChI is InChI=1S/C8H16ClO2P/c1-2-12(10,11)8(9)6-4-3-5-7-8/h2-7H2,1H3,(H,10,11). The highest BCUT2D eigenvalue weighted by atomic mass is 35.5. The smallest absolute Gasteiger partial charge is 0.220 e. The van der Waals surface area contributed by atoms with Crippen LogP contribution in [0.2, 0.25) is 0 Å². The Morgan fingerprint density at radius 2 is 1.92 bits per heavy atom. The molecule has 0 spiro atoms. The lowest BCUT2D eigenvalue weighted by atomic mass is 10.00. The van der Waals surface area contributed by atoms with Gasteiger partial charge in [0.2, 0.25) is 7.37 Å². The van der Waals surface area contributed by atoms with E-state index in [1.807, 2.05) is 0 Å². The normalized spacial score (nSPS) is 27.9. The Balaban J connectivity index is 2.75. The van der Waals surface area contributed by atoms with E-state index in [2.05, 4.69) is 0 Å². The quantitative estimate of drug-likeness (QED) is 0.562. The highest BCUT2D eigenvalue weighted by molar-refractivity contribution is 7.61. The van der Waals surface area contributed by atoms with Crippen molar-refractivity contribution in [2.24, 2.45) is 0 Å². The molecule has 12 heavy (non-hydrogen) atoms. The summed E-state index contributed by atoms with van der Waals surface area (Å²) in [6, 6.07) is 0. The molecule has 0 aromatic carbocycles. The molecule has 0 radical (unpaired) electrons. The zero-order chi connectivity index (χ0) is 9.24. The summed E-state index contributed by atoms with van der Waals surface area (Å²) >= 11 is 6.15. The number of rotatable bonds is 2. The maximum Gasteiger partial charge on any atom is 0.220 e. The van der Waals surface area contributed by atoms with Crippen LogP contribution in [0, 0.1) is 0 Å². The van der Waals surface area contributed by atoms with E-state index in [4.69, 9.17) is 11.6 Å². The predicted molar refractivity (Wildman–Crippen MR) is 52.0 cm³/mol. The molecule has 0 aliphatic heterocycles. The second-order valence-electron chi connectivity index (χ2n) is 3.50. The van der Waals surface area contributed by atoms with Gasteiger partial charge in [0.1, 0.15) is 4.62 Å². The Morgan fingerprint density at radius 3 is 2.33 bits per heavy atom. The fourth-order valence-corrected chi connectivity index (χ4v) is 3.93. The molecule has 1 N–H and O–H groups in total. The van der Waals surface area contributed by atoms with E-state index in [9.17, 15) is 9.46 Å². The lowest BCUT2D eigenvalue weighted by molar-refractivity contribution is 0.401. The SMILES string of the molecule is CCP(=O)(O)C1(Cl)CCCCC1. The molecule has 2 nitrogen and oxygen atoms in total. The van der Waals surface area contributed by atoms with Crippen molar-refractivity contribution in [1.82, 2.24) is 0 Å². The molecule has 0 aromatic rings. The minimum Gasteiger partial charge on any atom is -0.343 e. The first-order valence-corrected chi connectivity index (χ1v) is 6.75. The molecular formula is C8H16ClO2P. The topological polar surface area (TPSA) is 37.3 Å². The third-order valence-corrected chi connectivity index (χ3v) is 6.40. The molecule has 0 aromatic heterocycles. The van der Waals surface area contributed by atoms with Crippen molar-refractivity contribution < 1.29 is 9.46 Å². The molecule has 0 heterocycles. The zero-order valence-electron chi connectivity index (χ0n) is 7.42. The molecule has 1 rings (SSSR count).